The first-order valence-corrected chi connectivity index (χ1v) is 6.26. The van der Waals surface area contributed by atoms with Crippen molar-refractivity contribution in [2.45, 2.75) is 13.0 Å². The van der Waals surface area contributed by atoms with E-state index in [2.05, 4.69) is 10.2 Å². The van der Waals surface area contributed by atoms with Crippen LogP contribution in [0.5, 0.6) is 5.75 Å². The zero-order valence-corrected chi connectivity index (χ0v) is 11.2. The van der Waals surface area contributed by atoms with Crippen LogP contribution in [-0.2, 0) is 11.3 Å². The van der Waals surface area contributed by atoms with Crippen LogP contribution >= 0.6 is 0 Å². The third-order valence-electron chi connectivity index (χ3n) is 2.81. The van der Waals surface area contributed by atoms with Crippen LogP contribution in [0.4, 0.5) is 4.39 Å². The smallest absolute Gasteiger partial charge is 0.226 e. The molecular weight excluding hydrogens is 261 g/mol. The fourth-order valence-corrected chi connectivity index (χ4v) is 1.73. The molecule has 1 aromatic heterocycles. The second-order valence-corrected chi connectivity index (χ2v) is 4.39. The number of H-pyrrole nitrogens is 1. The van der Waals surface area contributed by atoms with Crippen LogP contribution in [0.25, 0.3) is 0 Å². The van der Waals surface area contributed by atoms with Gasteiger partial charge in [-0.3, -0.25) is 9.89 Å². The quantitative estimate of drug-likeness (QED) is 0.878. The summed E-state index contributed by atoms with van der Waals surface area (Å²) in [6.07, 6.45) is 3.60. The Morgan fingerprint density at radius 2 is 2.25 bits per heavy atom. The van der Waals surface area contributed by atoms with Gasteiger partial charge in [0, 0.05) is 25.4 Å². The maximum Gasteiger partial charge on any atom is 0.226 e. The highest BCUT2D eigenvalue weighted by Crippen LogP contribution is 2.15. The normalized spacial score (nSPS) is 10.3. The van der Waals surface area contributed by atoms with Crippen molar-refractivity contribution >= 4 is 5.91 Å². The number of nitrogens with zero attached hydrogens (tertiary/aromatic N) is 2. The summed E-state index contributed by atoms with van der Waals surface area (Å²) in [4.78, 5) is 13.4. The third kappa shape index (κ3) is 3.81. The molecule has 0 aliphatic heterocycles. The molecule has 0 saturated heterocycles. The molecular formula is C14H16FN3O2. The number of halogens is 1. The molecule has 0 fully saturated rings. The van der Waals surface area contributed by atoms with Gasteiger partial charge < -0.3 is 9.64 Å². The zero-order chi connectivity index (χ0) is 14.4. The van der Waals surface area contributed by atoms with Crippen molar-refractivity contribution in [1.82, 2.24) is 15.1 Å². The van der Waals surface area contributed by atoms with Gasteiger partial charge in [0.05, 0.1) is 19.2 Å². The van der Waals surface area contributed by atoms with Gasteiger partial charge in [-0.15, -0.1) is 0 Å². The van der Waals surface area contributed by atoms with Gasteiger partial charge in [-0.1, -0.05) is 12.1 Å². The van der Waals surface area contributed by atoms with Gasteiger partial charge in [0.2, 0.25) is 5.91 Å². The first-order valence-electron chi connectivity index (χ1n) is 6.26. The average Bonchev–Trinajstić information content (AvgIpc) is 2.93. The predicted octanol–water partition coefficient (Wildman–Crippen LogP) is 1.98. The van der Waals surface area contributed by atoms with Crippen molar-refractivity contribution in [2.24, 2.45) is 0 Å². The van der Waals surface area contributed by atoms with Crippen molar-refractivity contribution in [3.8, 4) is 5.75 Å². The van der Waals surface area contributed by atoms with E-state index in [4.69, 9.17) is 4.74 Å². The first kappa shape index (κ1) is 14.0. The van der Waals surface area contributed by atoms with Crippen LogP contribution in [0.2, 0.25) is 0 Å². The number of rotatable bonds is 6. The Kier molecular flexibility index (Phi) is 4.70. The Labute approximate surface area is 116 Å². The largest absolute Gasteiger partial charge is 0.490 e. The van der Waals surface area contributed by atoms with Crippen molar-refractivity contribution in [3.63, 3.8) is 0 Å². The number of aromatic amines is 1. The minimum Gasteiger partial charge on any atom is -0.490 e. The number of ether oxygens (including phenoxy) is 1. The molecule has 2 rings (SSSR count). The Bertz CT molecular complexity index is 557. The van der Waals surface area contributed by atoms with Crippen molar-refractivity contribution in [2.75, 3.05) is 13.7 Å². The number of hydrogen-bond acceptors (Lipinski definition) is 3. The molecule has 106 valence electrons. The second kappa shape index (κ2) is 6.70. The SMILES string of the molecule is CN(Cc1cn[nH]c1)C(=O)CCOc1ccccc1F. The highest BCUT2D eigenvalue weighted by molar-refractivity contribution is 5.75. The van der Waals surface area contributed by atoms with Gasteiger partial charge in [-0.25, -0.2) is 4.39 Å². The first-order chi connectivity index (χ1) is 9.66. The Balaban J connectivity index is 1.76. The summed E-state index contributed by atoms with van der Waals surface area (Å²) in [5, 5.41) is 6.51. The van der Waals surface area contributed by atoms with Gasteiger partial charge in [0.25, 0.3) is 0 Å². The molecule has 5 nitrogen and oxygen atoms in total. The van der Waals surface area contributed by atoms with Gasteiger partial charge in [-0.05, 0) is 12.1 Å². The lowest BCUT2D eigenvalue weighted by Crippen LogP contribution is -2.27. The zero-order valence-electron chi connectivity index (χ0n) is 11.2. The number of carbonyl (C=O) groups excluding carboxylic acids is 1. The maximum atomic E-state index is 13.3. The molecule has 1 amide bonds. The number of aromatic nitrogens is 2. The average molecular weight is 277 g/mol. The minimum atomic E-state index is -0.424. The Hall–Kier alpha value is -2.37. The molecule has 6 heteroatoms. The molecule has 0 spiro atoms. The molecule has 0 unspecified atom stereocenters. The van der Waals surface area contributed by atoms with E-state index in [1.165, 1.54) is 12.1 Å². The van der Waals surface area contributed by atoms with Crippen LogP contribution in [0, 0.1) is 5.82 Å². The topological polar surface area (TPSA) is 58.2 Å². The van der Waals surface area contributed by atoms with Crippen molar-refractivity contribution < 1.29 is 13.9 Å². The van der Waals surface area contributed by atoms with Gasteiger partial charge >= 0.3 is 0 Å². The monoisotopic (exact) mass is 277 g/mol. The Morgan fingerprint density at radius 1 is 1.45 bits per heavy atom. The molecule has 0 aliphatic carbocycles. The van der Waals surface area contributed by atoms with E-state index in [1.807, 2.05) is 0 Å². The van der Waals surface area contributed by atoms with Crippen LogP contribution in [0.15, 0.2) is 36.7 Å². The number of hydrogen-bond donors (Lipinski definition) is 1. The molecule has 0 aliphatic rings. The number of nitrogens with one attached hydrogen (secondary N) is 1. The summed E-state index contributed by atoms with van der Waals surface area (Å²) in [5.41, 5.74) is 0.927. The summed E-state index contributed by atoms with van der Waals surface area (Å²) in [5.74, 6) is -0.327. The standard InChI is InChI=1S/C14H16FN3O2/c1-18(10-11-8-16-17-9-11)14(19)6-7-20-13-5-3-2-4-12(13)15/h2-5,8-9H,6-7,10H2,1H3,(H,16,17). The van der Waals surface area contributed by atoms with Crippen LogP contribution in [0.1, 0.15) is 12.0 Å². The fraction of sp³-hybridized carbons (Fsp3) is 0.286. The molecule has 1 N–H and O–H groups in total. The molecule has 0 atom stereocenters. The van der Waals surface area contributed by atoms with Gasteiger partial charge in [0.15, 0.2) is 11.6 Å². The number of amides is 1. The summed E-state index contributed by atoms with van der Waals surface area (Å²) in [7, 11) is 1.71. The van der Waals surface area contributed by atoms with Crippen LogP contribution in [0.3, 0.4) is 0 Å². The molecule has 0 saturated carbocycles. The summed E-state index contributed by atoms with van der Waals surface area (Å²) >= 11 is 0. The van der Waals surface area contributed by atoms with E-state index < -0.39 is 5.82 Å². The summed E-state index contributed by atoms with van der Waals surface area (Å²) < 4.78 is 18.5. The lowest BCUT2D eigenvalue weighted by atomic mass is 10.3. The van der Waals surface area contributed by atoms with Crippen molar-refractivity contribution in [3.05, 3.63) is 48.0 Å². The molecule has 1 heterocycles. The summed E-state index contributed by atoms with van der Waals surface area (Å²) in [6.45, 7) is 0.629. The van der Waals surface area contributed by atoms with Crippen LogP contribution in [-0.4, -0.2) is 34.7 Å². The second-order valence-electron chi connectivity index (χ2n) is 4.39. The van der Waals surface area contributed by atoms with Crippen molar-refractivity contribution in [1.29, 1.82) is 0 Å². The highest BCUT2D eigenvalue weighted by atomic mass is 19.1. The Morgan fingerprint density at radius 3 is 2.95 bits per heavy atom. The highest BCUT2D eigenvalue weighted by Gasteiger charge is 2.10. The van der Waals surface area contributed by atoms with E-state index in [0.717, 1.165) is 5.56 Å². The van der Waals surface area contributed by atoms with E-state index in [9.17, 15) is 9.18 Å². The maximum absolute atomic E-state index is 13.3. The number of para-hydroxylation sites is 1. The molecule has 1 aromatic carbocycles. The van der Waals surface area contributed by atoms with Crippen LogP contribution < -0.4 is 4.74 Å². The molecule has 0 radical (unpaired) electrons. The lowest BCUT2D eigenvalue weighted by molar-refractivity contribution is -0.130. The number of carbonyl (C=O) groups is 1. The minimum absolute atomic E-state index is 0.0671. The van der Waals surface area contributed by atoms with Gasteiger partial charge in [0.1, 0.15) is 0 Å². The van der Waals surface area contributed by atoms with E-state index in [1.54, 1.807) is 36.5 Å². The third-order valence-corrected chi connectivity index (χ3v) is 2.81. The summed E-state index contributed by atoms with van der Waals surface area (Å²) in [6, 6.07) is 6.13. The lowest BCUT2D eigenvalue weighted by Gasteiger charge is -2.16. The predicted molar refractivity (Wildman–Crippen MR) is 71.6 cm³/mol. The fourth-order valence-electron chi connectivity index (χ4n) is 1.73. The van der Waals surface area contributed by atoms with E-state index in [-0.39, 0.29) is 24.7 Å². The molecule has 20 heavy (non-hydrogen) atoms. The van der Waals surface area contributed by atoms with E-state index in [0.29, 0.717) is 6.54 Å². The molecule has 2 aromatic rings. The van der Waals surface area contributed by atoms with Gasteiger partial charge in [-0.2, -0.15) is 5.10 Å². The molecule has 0 bridgehead atoms. The van der Waals surface area contributed by atoms with E-state index >= 15 is 0 Å². The number of benzene rings is 1.